The molecule has 0 aliphatic carbocycles. The minimum absolute atomic E-state index is 0.0126. The van der Waals surface area contributed by atoms with Crippen molar-refractivity contribution in [3.05, 3.63) is 48.0 Å². The summed E-state index contributed by atoms with van der Waals surface area (Å²) >= 11 is 0. The molecule has 0 aliphatic rings. The molecule has 0 spiro atoms. The Hall–Kier alpha value is -3.55. The lowest BCUT2D eigenvalue weighted by atomic mass is 10.2. The van der Waals surface area contributed by atoms with Gasteiger partial charge in [-0.05, 0) is 49.7 Å². The van der Waals surface area contributed by atoms with Crippen LogP contribution in [-0.4, -0.2) is 38.4 Å². The lowest BCUT2D eigenvalue weighted by molar-refractivity contribution is -0.124. The second-order valence-electron chi connectivity index (χ2n) is 7.23. The van der Waals surface area contributed by atoms with E-state index < -0.39 is 0 Å². The SMILES string of the molecule is CCCCCOc1c(C=NNC(=O)CCC(=O)Nc2ccc(OCC)cc2)cccc1OC. The molecule has 2 aromatic rings. The molecule has 0 heterocycles. The number of carbonyl (C=O) groups excluding carboxylic acids is 2. The van der Waals surface area contributed by atoms with E-state index in [4.69, 9.17) is 14.2 Å². The van der Waals surface area contributed by atoms with E-state index in [9.17, 15) is 9.59 Å². The highest BCUT2D eigenvalue weighted by Gasteiger charge is 2.10. The standard InChI is InChI=1S/C25H33N3O5/c1-4-6-7-17-33-25-19(9-8-10-22(25)31-3)18-26-28-24(30)16-15-23(29)27-20-11-13-21(14-12-20)32-5-2/h8-14,18H,4-7,15-17H2,1-3H3,(H,27,29)(H,28,30). The van der Waals surface area contributed by atoms with Crippen LogP contribution in [0, 0.1) is 0 Å². The predicted octanol–water partition coefficient (Wildman–Crippen LogP) is 4.53. The molecule has 0 aromatic heterocycles. The zero-order chi connectivity index (χ0) is 23.9. The van der Waals surface area contributed by atoms with Gasteiger partial charge in [0.1, 0.15) is 5.75 Å². The van der Waals surface area contributed by atoms with Crippen molar-refractivity contribution in [3.8, 4) is 17.2 Å². The molecule has 0 fully saturated rings. The van der Waals surface area contributed by atoms with E-state index in [1.165, 1.54) is 6.21 Å². The van der Waals surface area contributed by atoms with E-state index in [1.54, 1.807) is 31.4 Å². The molecule has 0 saturated carbocycles. The fourth-order valence-electron chi connectivity index (χ4n) is 2.96. The summed E-state index contributed by atoms with van der Waals surface area (Å²) in [6, 6.07) is 12.5. The molecule has 33 heavy (non-hydrogen) atoms. The normalized spacial score (nSPS) is 10.6. The molecule has 178 valence electrons. The summed E-state index contributed by atoms with van der Waals surface area (Å²) in [5.74, 6) is 1.31. The number of carbonyl (C=O) groups is 2. The van der Waals surface area contributed by atoms with Crippen molar-refractivity contribution in [2.45, 2.75) is 46.0 Å². The van der Waals surface area contributed by atoms with Gasteiger partial charge in [0.2, 0.25) is 11.8 Å². The molecule has 0 bridgehead atoms. The molecule has 0 aliphatic heterocycles. The number of rotatable bonds is 14. The fourth-order valence-corrected chi connectivity index (χ4v) is 2.96. The van der Waals surface area contributed by atoms with Gasteiger partial charge in [0.15, 0.2) is 11.5 Å². The summed E-state index contributed by atoms with van der Waals surface area (Å²) in [7, 11) is 1.58. The molecule has 0 saturated heterocycles. The van der Waals surface area contributed by atoms with Crippen molar-refractivity contribution < 1.29 is 23.8 Å². The van der Waals surface area contributed by atoms with Gasteiger partial charge in [-0.15, -0.1) is 0 Å². The van der Waals surface area contributed by atoms with Crippen LogP contribution in [0.15, 0.2) is 47.6 Å². The lowest BCUT2D eigenvalue weighted by Crippen LogP contribution is -2.20. The van der Waals surface area contributed by atoms with Gasteiger partial charge in [-0.25, -0.2) is 5.43 Å². The van der Waals surface area contributed by atoms with Gasteiger partial charge in [-0.2, -0.15) is 5.10 Å². The number of unbranched alkanes of at least 4 members (excludes halogenated alkanes) is 2. The molecule has 2 rings (SSSR count). The van der Waals surface area contributed by atoms with Crippen molar-refractivity contribution in [3.63, 3.8) is 0 Å². The molecule has 8 heteroatoms. The number of benzene rings is 2. The van der Waals surface area contributed by atoms with Gasteiger partial charge in [-0.3, -0.25) is 9.59 Å². The Morgan fingerprint density at radius 2 is 1.73 bits per heavy atom. The minimum atomic E-state index is -0.360. The number of para-hydroxylation sites is 1. The van der Waals surface area contributed by atoms with Crippen LogP contribution < -0.4 is 25.0 Å². The summed E-state index contributed by atoms with van der Waals surface area (Å²) in [6.07, 6.45) is 4.70. The maximum Gasteiger partial charge on any atom is 0.240 e. The summed E-state index contributed by atoms with van der Waals surface area (Å²) in [5, 5.41) is 6.76. The number of hydrazone groups is 1. The van der Waals surface area contributed by atoms with Gasteiger partial charge >= 0.3 is 0 Å². The van der Waals surface area contributed by atoms with Crippen LogP contribution in [0.1, 0.15) is 51.5 Å². The van der Waals surface area contributed by atoms with Crippen LogP contribution >= 0.6 is 0 Å². The Labute approximate surface area is 195 Å². The third kappa shape index (κ3) is 9.22. The van der Waals surface area contributed by atoms with E-state index in [0.29, 0.717) is 36.0 Å². The first-order chi connectivity index (χ1) is 16.1. The summed E-state index contributed by atoms with van der Waals surface area (Å²) in [6.45, 7) is 5.19. The number of nitrogens with zero attached hydrogens (tertiary/aromatic N) is 1. The molecule has 0 radical (unpaired) electrons. The Morgan fingerprint density at radius 1 is 0.970 bits per heavy atom. The van der Waals surface area contributed by atoms with Gasteiger partial charge < -0.3 is 19.5 Å². The molecular weight excluding hydrogens is 422 g/mol. The van der Waals surface area contributed by atoms with Crippen molar-refractivity contribution in [2.24, 2.45) is 5.10 Å². The van der Waals surface area contributed by atoms with Gasteiger partial charge in [0.25, 0.3) is 0 Å². The predicted molar refractivity (Wildman–Crippen MR) is 129 cm³/mol. The lowest BCUT2D eigenvalue weighted by Gasteiger charge is -2.13. The highest BCUT2D eigenvalue weighted by Crippen LogP contribution is 2.30. The fraction of sp³-hybridized carbons (Fsp3) is 0.400. The molecule has 2 amide bonds. The first-order valence-corrected chi connectivity index (χ1v) is 11.2. The third-order valence-corrected chi connectivity index (χ3v) is 4.64. The number of nitrogens with one attached hydrogen (secondary N) is 2. The number of anilines is 1. The monoisotopic (exact) mass is 455 g/mol. The van der Waals surface area contributed by atoms with Crippen molar-refractivity contribution in [1.29, 1.82) is 0 Å². The van der Waals surface area contributed by atoms with E-state index in [-0.39, 0.29) is 24.7 Å². The van der Waals surface area contributed by atoms with Crippen LogP contribution in [0.5, 0.6) is 17.2 Å². The van der Waals surface area contributed by atoms with Gasteiger partial charge in [-0.1, -0.05) is 25.8 Å². The van der Waals surface area contributed by atoms with Gasteiger partial charge in [0.05, 0.1) is 26.5 Å². The average molecular weight is 456 g/mol. The summed E-state index contributed by atoms with van der Waals surface area (Å²) in [5.41, 5.74) is 3.79. The van der Waals surface area contributed by atoms with Crippen LogP contribution in [0.4, 0.5) is 5.69 Å². The number of hydrogen-bond donors (Lipinski definition) is 2. The maximum atomic E-state index is 12.1. The maximum absolute atomic E-state index is 12.1. The van der Waals surface area contributed by atoms with Crippen molar-refractivity contribution in [2.75, 3.05) is 25.6 Å². The summed E-state index contributed by atoms with van der Waals surface area (Å²) < 4.78 is 16.6. The Kier molecular flexibility index (Phi) is 11.3. The van der Waals surface area contributed by atoms with Crippen molar-refractivity contribution in [1.82, 2.24) is 5.43 Å². The molecule has 2 N–H and O–H groups in total. The second-order valence-corrected chi connectivity index (χ2v) is 7.23. The Bertz CT molecular complexity index is 913. The summed E-state index contributed by atoms with van der Waals surface area (Å²) in [4.78, 5) is 24.2. The van der Waals surface area contributed by atoms with Crippen LogP contribution in [0.2, 0.25) is 0 Å². The third-order valence-electron chi connectivity index (χ3n) is 4.64. The molecule has 0 atom stereocenters. The molecular formula is C25H33N3O5. The quantitative estimate of drug-likeness (QED) is 0.248. The largest absolute Gasteiger partial charge is 0.494 e. The highest BCUT2D eigenvalue weighted by molar-refractivity contribution is 5.93. The highest BCUT2D eigenvalue weighted by atomic mass is 16.5. The Balaban J connectivity index is 1.82. The number of methoxy groups -OCH3 is 1. The van der Waals surface area contributed by atoms with E-state index in [2.05, 4.69) is 22.8 Å². The average Bonchev–Trinajstić information content (AvgIpc) is 2.82. The molecule has 0 unspecified atom stereocenters. The smallest absolute Gasteiger partial charge is 0.240 e. The van der Waals surface area contributed by atoms with Gasteiger partial charge in [0, 0.05) is 24.1 Å². The van der Waals surface area contributed by atoms with E-state index in [0.717, 1.165) is 25.0 Å². The number of ether oxygens (including phenoxy) is 3. The van der Waals surface area contributed by atoms with E-state index >= 15 is 0 Å². The first-order valence-electron chi connectivity index (χ1n) is 11.2. The van der Waals surface area contributed by atoms with E-state index in [1.807, 2.05) is 25.1 Å². The minimum Gasteiger partial charge on any atom is -0.494 e. The van der Waals surface area contributed by atoms with Crippen LogP contribution in [-0.2, 0) is 9.59 Å². The zero-order valence-electron chi connectivity index (χ0n) is 19.6. The van der Waals surface area contributed by atoms with Crippen LogP contribution in [0.25, 0.3) is 0 Å². The van der Waals surface area contributed by atoms with Crippen LogP contribution in [0.3, 0.4) is 0 Å². The number of amides is 2. The van der Waals surface area contributed by atoms with Crippen molar-refractivity contribution >= 4 is 23.7 Å². The zero-order valence-corrected chi connectivity index (χ0v) is 19.6. The topological polar surface area (TPSA) is 98.2 Å². The second kappa shape index (κ2) is 14.5. The molecule has 2 aromatic carbocycles. The first kappa shape index (κ1) is 25.7. The molecule has 8 nitrogen and oxygen atoms in total. The number of hydrogen-bond acceptors (Lipinski definition) is 6. The Morgan fingerprint density at radius 3 is 2.42 bits per heavy atom.